The van der Waals surface area contributed by atoms with Crippen LogP contribution in [0.4, 0.5) is 0 Å². The van der Waals surface area contributed by atoms with E-state index in [1.807, 2.05) is 72.0 Å². The van der Waals surface area contributed by atoms with E-state index in [4.69, 9.17) is 21.7 Å². The van der Waals surface area contributed by atoms with Gasteiger partial charge < -0.3 is 35.5 Å². The van der Waals surface area contributed by atoms with Crippen LogP contribution in [0.15, 0.2) is 78.9 Å². The molecule has 2 saturated carbocycles. The van der Waals surface area contributed by atoms with E-state index in [-0.39, 0.29) is 68.1 Å². The van der Waals surface area contributed by atoms with Gasteiger partial charge in [0.05, 0.1) is 30.0 Å². The predicted octanol–water partition coefficient (Wildman–Crippen LogP) is 7.05. The molecular formula is C57H81ClGaN10O8P2+3. The monoisotopic (exact) mass is 1200 g/mol. The Hall–Kier alpha value is -3.75. The number of carbonyl (C=O) groups is 2. The van der Waals surface area contributed by atoms with E-state index in [1.54, 1.807) is 9.80 Å². The number of carbonyl (C=O) groups excluding carboxylic acids is 2. The first kappa shape index (κ1) is 62.8. The number of benzene rings is 3. The van der Waals surface area contributed by atoms with Crippen molar-refractivity contribution in [1.82, 2.24) is 50.3 Å². The van der Waals surface area contributed by atoms with Gasteiger partial charge in [0.2, 0.25) is 5.91 Å². The third-order valence-corrected chi connectivity index (χ3v) is 18.4. The Morgan fingerprint density at radius 3 is 2.00 bits per heavy atom. The maximum absolute atomic E-state index is 13.9. The molecule has 3 heterocycles. The molecular weight excluding hydrogens is 1120 g/mol. The zero-order chi connectivity index (χ0) is 55.8. The fourth-order valence-electron chi connectivity index (χ4n) is 12.1. The molecule has 2 amide bonds. The van der Waals surface area contributed by atoms with Gasteiger partial charge in [-0.2, -0.15) is 5.10 Å². The van der Waals surface area contributed by atoms with Crippen molar-refractivity contribution in [3.05, 3.63) is 118 Å². The van der Waals surface area contributed by atoms with Crippen molar-refractivity contribution in [2.45, 2.75) is 98.8 Å². The summed E-state index contributed by atoms with van der Waals surface area (Å²) < 4.78 is 26.5. The van der Waals surface area contributed by atoms with Crippen LogP contribution in [-0.4, -0.2) is 176 Å². The van der Waals surface area contributed by atoms with Crippen molar-refractivity contribution in [2.24, 2.45) is 16.7 Å². The molecule has 18 nitrogen and oxygen atoms in total. The SMILES string of the molecule is Cc1ccc2nc(CN3CCN(CP(=O)(O)O)CCN(CC(=O)NCCCCCNCc4ccc(Cn5nc(C(=O)NC6C7(C)CCC(C7)C6(C)C)cc5-c5ccc(Cl)c(C)c5)cc4)CCN(CP(=O)(O)O)CC3)ccc2c1.[Ga+3]. The minimum Gasteiger partial charge on any atom is -0.355 e. The van der Waals surface area contributed by atoms with Crippen LogP contribution in [0.25, 0.3) is 22.2 Å². The van der Waals surface area contributed by atoms with Crippen LogP contribution in [-0.2, 0) is 33.6 Å². The second-order valence-corrected chi connectivity index (χ2v) is 26.8. The molecule has 3 unspecified atom stereocenters. The van der Waals surface area contributed by atoms with Crippen LogP contribution in [0.2, 0.25) is 5.02 Å². The average Bonchev–Trinajstić information content (AvgIpc) is 3.96. The summed E-state index contributed by atoms with van der Waals surface area (Å²) in [6.45, 7) is 16.6. The first-order valence-corrected chi connectivity index (χ1v) is 31.5. The van der Waals surface area contributed by atoms with Gasteiger partial charge in [0.15, 0.2) is 5.69 Å². The number of unbranched alkanes of at least 4 members (excludes halogenated alkanes) is 2. The molecule has 424 valence electrons. The van der Waals surface area contributed by atoms with Crippen LogP contribution >= 0.6 is 26.8 Å². The van der Waals surface area contributed by atoms with E-state index < -0.39 is 27.8 Å². The van der Waals surface area contributed by atoms with E-state index in [0.29, 0.717) is 82.1 Å². The molecule has 3 fully saturated rings. The number of aromatic nitrogens is 3. The number of hydrogen-bond acceptors (Lipinski definition) is 11. The van der Waals surface area contributed by atoms with Crippen molar-refractivity contribution in [1.29, 1.82) is 0 Å². The van der Waals surface area contributed by atoms with Gasteiger partial charge in [0, 0.05) is 94.0 Å². The molecule has 0 spiro atoms. The third kappa shape index (κ3) is 17.9. The van der Waals surface area contributed by atoms with Crippen molar-refractivity contribution in [2.75, 3.05) is 84.6 Å². The summed E-state index contributed by atoms with van der Waals surface area (Å²) in [7, 11) is -8.82. The van der Waals surface area contributed by atoms with Crippen molar-refractivity contribution >= 4 is 69.3 Å². The molecule has 2 aromatic heterocycles. The molecule has 1 aliphatic heterocycles. The second kappa shape index (κ2) is 27.5. The molecule has 5 aromatic rings. The van der Waals surface area contributed by atoms with Crippen LogP contribution < -0.4 is 16.0 Å². The van der Waals surface area contributed by atoms with E-state index in [9.17, 15) is 38.3 Å². The van der Waals surface area contributed by atoms with Gasteiger partial charge in [-0.3, -0.25) is 48.0 Å². The Balaban J connectivity index is 0.00000903. The minimum absolute atomic E-state index is 0. The zero-order valence-corrected chi connectivity index (χ0v) is 51.6. The Labute approximate surface area is 484 Å². The molecule has 3 atom stereocenters. The third-order valence-electron chi connectivity index (χ3n) is 16.4. The molecule has 79 heavy (non-hydrogen) atoms. The average molecular weight is 1200 g/mol. The summed E-state index contributed by atoms with van der Waals surface area (Å²) in [5, 5.41) is 16.6. The zero-order valence-electron chi connectivity index (χ0n) is 46.6. The molecule has 22 heteroatoms. The van der Waals surface area contributed by atoms with Crippen LogP contribution in [0.5, 0.6) is 0 Å². The largest absolute Gasteiger partial charge is 3.00 e. The molecule has 2 aliphatic carbocycles. The maximum atomic E-state index is 13.9. The summed E-state index contributed by atoms with van der Waals surface area (Å²) in [6, 6.07) is 26.4. The number of aryl methyl sites for hydroxylation is 2. The van der Waals surface area contributed by atoms with E-state index >= 15 is 0 Å². The summed E-state index contributed by atoms with van der Waals surface area (Å²) in [4.78, 5) is 79.6. The fraction of sp³-hybridized carbons (Fsp3) is 0.544. The molecule has 3 aromatic carbocycles. The van der Waals surface area contributed by atoms with Gasteiger partial charge in [0.1, 0.15) is 12.6 Å². The van der Waals surface area contributed by atoms with E-state index in [1.165, 1.54) is 6.42 Å². The van der Waals surface area contributed by atoms with Crippen LogP contribution in [0, 0.1) is 30.6 Å². The van der Waals surface area contributed by atoms with Gasteiger partial charge >= 0.3 is 35.0 Å². The molecule has 7 N–H and O–H groups in total. The number of hydrogen-bond donors (Lipinski definition) is 7. The molecule has 2 bridgehead atoms. The molecule has 8 rings (SSSR count). The second-order valence-electron chi connectivity index (χ2n) is 23.2. The maximum Gasteiger partial charge on any atom is 3.00 e. The number of nitrogens with one attached hydrogen (secondary N) is 3. The number of fused-ring (bicyclic) bond motifs is 3. The summed E-state index contributed by atoms with van der Waals surface area (Å²) >= 11 is 6.42. The summed E-state index contributed by atoms with van der Waals surface area (Å²) in [5.41, 5.74) is 8.30. The summed E-state index contributed by atoms with van der Waals surface area (Å²) in [5.74, 6) is 0.288. The Bertz CT molecular complexity index is 2930. The van der Waals surface area contributed by atoms with Gasteiger partial charge in [0.25, 0.3) is 5.91 Å². The Morgan fingerprint density at radius 2 is 1.37 bits per heavy atom. The Morgan fingerprint density at radius 1 is 0.734 bits per heavy atom. The van der Waals surface area contributed by atoms with Gasteiger partial charge in [-0.25, -0.2) is 0 Å². The Kier molecular flexibility index (Phi) is 21.9. The summed E-state index contributed by atoms with van der Waals surface area (Å²) in [6.07, 6.45) is 5.24. The topological polar surface area (TPSA) is 229 Å². The minimum atomic E-state index is -4.41. The first-order valence-electron chi connectivity index (χ1n) is 27.5. The quantitative estimate of drug-likeness (QED) is 0.0222. The molecule has 1 saturated heterocycles. The van der Waals surface area contributed by atoms with Gasteiger partial charge in [-0.1, -0.05) is 86.8 Å². The van der Waals surface area contributed by atoms with Crippen LogP contribution in [0.3, 0.4) is 0 Å². The van der Waals surface area contributed by atoms with Crippen molar-refractivity contribution in [3.8, 4) is 11.3 Å². The van der Waals surface area contributed by atoms with E-state index in [2.05, 4.69) is 72.0 Å². The standard InChI is InChI=1S/C57H81ClN10O8P2.Ga/c1-41-9-18-50-45(31-41)14-16-48(61-50)37-64-23-27-66(39-77(71,72)73)29-25-65(26-30-67(28-24-64)40-78(74,75)76)38-53(69)60-22-8-6-7-21-59-35-43-10-12-44(13-11-43)36-68-52(46-15-17-49(58)42(2)32-46)33-51(63-68)54(70)62-55-56(3,4)47-19-20-57(55,5)34-47;/h9-18,31-33,47,55,59H,6-8,19-30,34-40H2,1-5H3,(H,60,69)(H,62,70)(H2,71,72,73)(H2,74,75,76);/q;+3. The van der Waals surface area contributed by atoms with Crippen molar-refractivity contribution < 1.29 is 38.3 Å². The van der Waals surface area contributed by atoms with Crippen LogP contribution in [0.1, 0.15) is 97.7 Å². The van der Waals surface area contributed by atoms with E-state index in [0.717, 1.165) is 88.8 Å². The normalized spacial score (nSPS) is 20.9. The van der Waals surface area contributed by atoms with Gasteiger partial charge in [-0.05, 0) is 122 Å². The van der Waals surface area contributed by atoms with Crippen molar-refractivity contribution in [3.63, 3.8) is 0 Å². The number of nitrogens with zero attached hydrogens (tertiary/aromatic N) is 7. The molecule has 0 radical (unpaired) electrons. The predicted molar refractivity (Wildman–Crippen MR) is 313 cm³/mol. The first-order chi connectivity index (χ1) is 37.0. The molecule has 3 aliphatic rings. The fourth-order valence-corrected chi connectivity index (χ4v) is 13.8. The smallest absolute Gasteiger partial charge is 0.355 e. The number of amides is 2. The number of pyridine rings is 1. The van der Waals surface area contributed by atoms with Gasteiger partial charge in [-0.15, -0.1) is 0 Å². The number of halogens is 1. The number of rotatable bonds is 21.